The van der Waals surface area contributed by atoms with E-state index in [-0.39, 0.29) is 0 Å². The van der Waals surface area contributed by atoms with Crippen molar-refractivity contribution in [3.63, 3.8) is 0 Å². The SMILES string of the molecule is C#CCC(C)(C#CCC)O[Si](CC)(CC)CC. The van der Waals surface area contributed by atoms with Crippen LogP contribution in [0.3, 0.4) is 0 Å². The predicted octanol–water partition coefficient (Wildman–Crippen LogP) is 4.20. The van der Waals surface area contributed by atoms with Gasteiger partial charge in [0.25, 0.3) is 0 Å². The molecule has 0 N–H and O–H groups in total. The molecule has 0 aliphatic carbocycles. The number of terminal acetylenes is 1. The standard InChI is InChI=1S/C15H26OSi/c1-7-12-14-15(6,13-8-2)16-17(9-3,10-4)11-5/h2H,7,9-11,13H2,1,3-6H3. The third-order valence-electron chi connectivity index (χ3n) is 3.34. The Labute approximate surface area is 108 Å². The van der Waals surface area contributed by atoms with E-state index in [4.69, 9.17) is 10.8 Å². The van der Waals surface area contributed by atoms with Gasteiger partial charge >= 0.3 is 0 Å². The summed E-state index contributed by atoms with van der Waals surface area (Å²) in [5.74, 6) is 9.05. The summed E-state index contributed by atoms with van der Waals surface area (Å²) in [5, 5.41) is 0. The fourth-order valence-electron chi connectivity index (χ4n) is 2.02. The van der Waals surface area contributed by atoms with Crippen molar-refractivity contribution in [3.8, 4) is 24.2 Å². The average molecular weight is 250 g/mol. The van der Waals surface area contributed by atoms with E-state index in [9.17, 15) is 0 Å². The molecule has 1 atom stereocenters. The van der Waals surface area contributed by atoms with Crippen LogP contribution in [0.25, 0.3) is 0 Å². The Kier molecular flexibility index (Phi) is 7.28. The van der Waals surface area contributed by atoms with Crippen molar-refractivity contribution < 1.29 is 4.43 Å². The van der Waals surface area contributed by atoms with Crippen LogP contribution in [0, 0.1) is 24.2 Å². The third-order valence-corrected chi connectivity index (χ3v) is 8.09. The van der Waals surface area contributed by atoms with Crippen LogP contribution < -0.4 is 0 Å². The molecule has 0 heterocycles. The molecule has 0 amide bonds. The first-order valence-corrected chi connectivity index (χ1v) is 9.18. The molecule has 0 rings (SSSR count). The zero-order chi connectivity index (χ0) is 13.4. The Morgan fingerprint density at radius 3 is 2.00 bits per heavy atom. The molecular weight excluding hydrogens is 224 g/mol. The first kappa shape index (κ1) is 16.3. The molecule has 0 aliphatic heterocycles. The fourth-order valence-corrected chi connectivity index (χ4v) is 5.03. The first-order valence-electron chi connectivity index (χ1n) is 6.65. The lowest BCUT2D eigenvalue weighted by Gasteiger charge is -2.36. The van der Waals surface area contributed by atoms with Crippen LogP contribution in [0.15, 0.2) is 0 Å². The van der Waals surface area contributed by atoms with Gasteiger partial charge in [0.05, 0.1) is 0 Å². The van der Waals surface area contributed by atoms with Crippen LogP contribution >= 0.6 is 0 Å². The van der Waals surface area contributed by atoms with Gasteiger partial charge in [0, 0.05) is 12.8 Å². The molecule has 0 aromatic heterocycles. The Balaban J connectivity index is 5.03. The summed E-state index contributed by atoms with van der Waals surface area (Å²) in [4.78, 5) is 0. The van der Waals surface area contributed by atoms with Crippen LogP contribution in [0.4, 0.5) is 0 Å². The van der Waals surface area contributed by atoms with E-state index in [1.807, 2.05) is 13.8 Å². The largest absolute Gasteiger partial charge is 0.400 e. The van der Waals surface area contributed by atoms with Crippen LogP contribution in [0.5, 0.6) is 0 Å². The highest BCUT2D eigenvalue weighted by Gasteiger charge is 2.36. The van der Waals surface area contributed by atoms with E-state index in [1.54, 1.807) is 0 Å². The van der Waals surface area contributed by atoms with Crippen LogP contribution in [0.1, 0.15) is 47.5 Å². The molecule has 1 nitrogen and oxygen atoms in total. The topological polar surface area (TPSA) is 9.23 Å². The normalized spacial score (nSPS) is 14.4. The molecule has 0 aromatic rings. The minimum absolute atomic E-state index is 0.445. The second-order valence-electron chi connectivity index (χ2n) is 4.61. The zero-order valence-corrected chi connectivity index (χ0v) is 13.0. The Morgan fingerprint density at radius 2 is 1.65 bits per heavy atom. The molecule has 0 bridgehead atoms. The third kappa shape index (κ3) is 4.98. The molecule has 2 heteroatoms. The van der Waals surface area contributed by atoms with Crippen molar-refractivity contribution in [1.29, 1.82) is 0 Å². The minimum Gasteiger partial charge on any atom is -0.400 e. The molecule has 0 saturated heterocycles. The molecule has 17 heavy (non-hydrogen) atoms. The van der Waals surface area contributed by atoms with Gasteiger partial charge in [-0.2, -0.15) is 0 Å². The summed E-state index contributed by atoms with van der Waals surface area (Å²) in [5.41, 5.74) is -0.445. The van der Waals surface area contributed by atoms with Gasteiger partial charge in [-0.3, -0.25) is 0 Å². The Hall–Kier alpha value is -0.703. The number of hydrogen-bond acceptors (Lipinski definition) is 1. The van der Waals surface area contributed by atoms with Gasteiger partial charge in [0.2, 0.25) is 0 Å². The lowest BCUT2D eigenvalue weighted by atomic mass is 10.0. The summed E-state index contributed by atoms with van der Waals surface area (Å²) >= 11 is 0. The van der Waals surface area contributed by atoms with E-state index in [1.165, 1.54) is 0 Å². The maximum Gasteiger partial charge on any atom is 0.194 e. The number of rotatable bonds is 6. The second kappa shape index (κ2) is 7.59. The molecular formula is C15H26OSi. The van der Waals surface area contributed by atoms with E-state index < -0.39 is 13.9 Å². The van der Waals surface area contributed by atoms with Crippen LogP contribution in [0.2, 0.25) is 18.1 Å². The maximum absolute atomic E-state index is 6.44. The lowest BCUT2D eigenvalue weighted by molar-refractivity contribution is 0.142. The summed E-state index contributed by atoms with van der Waals surface area (Å²) in [6.45, 7) is 10.8. The monoisotopic (exact) mass is 250 g/mol. The number of hydrogen-bond donors (Lipinski definition) is 0. The molecule has 0 fully saturated rings. The van der Waals surface area contributed by atoms with Gasteiger partial charge in [-0.1, -0.05) is 33.6 Å². The molecule has 1 unspecified atom stereocenters. The van der Waals surface area contributed by atoms with Crippen molar-refractivity contribution in [2.75, 3.05) is 0 Å². The van der Waals surface area contributed by atoms with Crippen molar-refractivity contribution in [3.05, 3.63) is 0 Å². The van der Waals surface area contributed by atoms with E-state index in [0.717, 1.165) is 24.6 Å². The van der Waals surface area contributed by atoms with Crippen molar-refractivity contribution >= 4 is 8.32 Å². The molecule has 0 saturated carbocycles. The summed E-state index contributed by atoms with van der Waals surface area (Å²) in [7, 11) is -1.64. The van der Waals surface area contributed by atoms with Gasteiger partial charge in [-0.05, 0) is 25.1 Å². The highest BCUT2D eigenvalue weighted by Crippen LogP contribution is 2.29. The summed E-state index contributed by atoms with van der Waals surface area (Å²) < 4.78 is 6.44. The highest BCUT2D eigenvalue weighted by atomic mass is 28.4. The van der Waals surface area contributed by atoms with Gasteiger partial charge in [-0.25, -0.2) is 0 Å². The summed E-state index contributed by atoms with van der Waals surface area (Å²) in [6, 6.07) is 3.40. The molecule has 0 spiro atoms. The van der Waals surface area contributed by atoms with Crippen LogP contribution in [-0.4, -0.2) is 13.9 Å². The molecule has 0 aliphatic rings. The van der Waals surface area contributed by atoms with E-state index in [2.05, 4.69) is 38.5 Å². The Morgan fingerprint density at radius 1 is 1.12 bits per heavy atom. The summed E-state index contributed by atoms with van der Waals surface area (Å²) in [6.07, 6.45) is 6.88. The van der Waals surface area contributed by atoms with Crippen molar-refractivity contribution in [2.24, 2.45) is 0 Å². The second-order valence-corrected chi connectivity index (χ2v) is 9.30. The molecule has 0 radical (unpaired) electrons. The lowest BCUT2D eigenvalue weighted by Crippen LogP contribution is -2.45. The van der Waals surface area contributed by atoms with Gasteiger partial charge in [0.15, 0.2) is 8.32 Å². The van der Waals surface area contributed by atoms with E-state index in [0.29, 0.717) is 6.42 Å². The van der Waals surface area contributed by atoms with E-state index >= 15 is 0 Å². The predicted molar refractivity (Wildman–Crippen MR) is 78.2 cm³/mol. The van der Waals surface area contributed by atoms with Crippen molar-refractivity contribution in [1.82, 2.24) is 0 Å². The minimum atomic E-state index is -1.64. The fraction of sp³-hybridized carbons (Fsp3) is 0.733. The molecule has 96 valence electrons. The highest BCUT2D eigenvalue weighted by molar-refractivity contribution is 6.73. The maximum atomic E-state index is 6.44. The van der Waals surface area contributed by atoms with Crippen LogP contribution in [-0.2, 0) is 4.43 Å². The average Bonchev–Trinajstić information content (AvgIpc) is 2.34. The zero-order valence-electron chi connectivity index (χ0n) is 12.0. The molecule has 0 aromatic carbocycles. The first-order chi connectivity index (χ1) is 8.01. The van der Waals surface area contributed by atoms with Gasteiger partial charge in [-0.15, -0.1) is 18.3 Å². The smallest absolute Gasteiger partial charge is 0.194 e. The van der Waals surface area contributed by atoms with Gasteiger partial charge in [0.1, 0.15) is 5.60 Å². The van der Waals surface area contributed by atoms with Crippen molar-refractivity contribution in [2.45, 2.75) is 71.2 Å². The van der Waals surface area contributed by atoms with Gasteiger partial charge < -0.3 is 4.43 Å². The Bertz CT molecular complexity index is 306. The quantitative estimate of drug-likeness (QED) is 0.507.